The molecule has 1 aromatic heterocycles. The first-order valence-electron chi connectivity index (χ1n) is 7.17. The lowest BCUT2D eigenvalue weighted by molar-refractivity contribution is -0.678. The van der Waals surface area contributed by atoms with Gasteiger partial charge >= 0.3 is 5.97 Å². The van der Waals surface area contributed by atoms with Gasteiger partial charge < -0.3 is 20.7 Å². The van der Waals surface area contributed by atoms with Crippen LogP contribution in [-0.4, -0.2) is 44.0 Å². The Bertz CT molecular complexity index is 585. The van der Waals surface area contributed by atoms with Crippen LogP contribution >= 0.6 is 11.3 Å². The van der Waals surface area contributed by atoms with Gasteiger partial charge in [-0.25, -0.2) is 4.79 Å². The Morgan fingerprint density at radius 1 is 1.55 bits per heavy atom. The predicted molar refractivity (Wildman–Crippen MR) is 81.9 cm³/mol. The smallest absolute Gasteiger partial charge is 0.340 e. The minimum Gasteiger partial charge on any atom is -0.465 e. The fraction of sp³-hybridized carbons (Fsp3) is 0.500. The van der Waals surface area contributed by atoms with Crippen molar-refractivity contribution < 1.29 is 24.4 Å². The fourth-order valence-corrected chi connectivity index (χ4v) is 3.24. The van der Waals surface area contributed by atoms with Gasteiger partial charge in [-0.1, -0.05) is 6.92 Å². The molecule has 1 saturated heterocycles. The third-order valence-corrected chi connectivity index (χ3v) is 4.62. The van der Waals surface area contributed by atoms with Gasteiger partial charge in [0.2, 0.25) is 5.91 Å². The van der Waals surface area contributed by atoms with E-state index in [4.69, 9.17) is 4.74 Å². The third-order valence-electron chi connectivity index (χ3n) is 3.43. The molecule has 0 radical (unpaired) electrons. The highest BCUT2D eigenvalue weighted by atomic mass is 32.1. The van der Waals surface area contributed by atoms with Crippen molar-refractivity contribution >= 4 is 34.1 Å². The quantitative estimate of drug-likeness (QED) is 0.634. The van der Waals surface area contributed by atoms with Crippen LogP contribution in [0.15, 0.2) is 6.07 Å². The van der Waals surface area contributed by atoms with Gasteiger partial charge in [-0.15, -0.1) is 11.3 Å². The minimum atomic E-state index is -0.478. The Morgan fingerprint density at radius 3 is 2.95 bits per heavy atom. The first-order valence-corrected chi connectivity index (χ1v) is 7.98. The minimum absolute atomic E-state index is 0.0752. The van der Waals surface area contributed by atoms with E-state index in [9.17, 15) is 14.4 Å². The zero-order chi connectivity index (χ0) is 16.1. The number of esters is 1. The number of hydrogen-bond donors (Lipinski definition) is 3. The van der Waals surface area contributed by atoms with E-state index in [2.05, 4.69) is 10.6 Å². The number of nitrogens with two attached hydrogens (primary N) is 1. The molecular weight excluding hydrogens is 306 g/mol. The van der Waals surface area contributed by atoms with Crippen molar-refractivity contribution in [2.24, 2.45) is 0 Å². The highest BCUT2D eigenvalue weighted by Gasteiger charge is 2.28. The van der Waals surface area contributed by atoms with E-state index < -0.39 is 12.0 Å². The summed E-state index contributed by atoms with van der Waals surface area (Å²) in [6, 6.07) is 1.31. The second-order valence-electron chi connectivity index (χ2n) is 4.97. The molecule has 0 aromatic carbocycles. The molecule has 1 atom stereocenters. The summed E-state index contributed by atoms with van der Waals surface area (Å²) >= 11 is 1.35. The molecular formula is C14H20N3O4S+. The monoisotopic (exact) mass is 326 g/mol. The van der Waals surface area contributed by atoms with Crippen LogP contribution < -0.4 is 16.0 Å². The summed E-state index contributed by atoms with van der Waals surface area (Å²) in [4.78, 5) is 36.5. The topological polar surface area (TPSA) is 101 Å². The van der Waals surface area contributed by atoms with E-state index in [1.165, 1.54) is 18.4 Å². The van der Waals surface area contributed by atoms with Crippen LogP contribution in [-0.2, 0) is 20.7 Å². The molecule has 0 bridgehead atoms. The first kappa shape index (κ1) is 16.4. The number of amides is 2. The number of carbonyl (C=O) groups is 3. The number of methoxy groups -OCH3 is 1. The highest BCUT2D eigenvalue weighted by Crippen LogP contribution is 2.29. The molecule has 120 valence electrons. The Morgan fingerprint density at radius 2 is 2.32 bits per heavy atom. The molecule has 0 aliphatic carbocycles. The molecule has 1 fully saturated rings. The molecule has 0 unspecified atom stereocenters. The Hall–Kier alpha value is -1.93. The first-order chi connectivity index (χ1) is 10.5. The maximum absolute atomic E-state index is 12.1. The lowest BCUT2D eigenvalue weighted by Crippen LogP contribution is -2.96. The zero-order valence-electron chi connectivity index (χ0n) is 12.6. The van der Waals surface area contributed by atoms with Crippen LogP contribution in [0, 0.1) is 0 Å². The molecule has 2 amide bonds. The Balaban J connectivity index is 2.05. The average Bonchev–Trinajstić information content (AvgIpc) is 2.91. The molecule has 7 nitrogen and oxygen atoms in total. The number of carbonyl (C=O) groups excluding carboxylic acids is 3. The molecule has 0 saturated carbocycles. The van der Waals surface area contributed by atoms with Crippen molar-refractivity contribution in [2.75, 3.05) is 25.5 Å². The summed E-state index contributed by atoms with van der Waals surface area (Å²) in [5.74, 6) is -0.892. The van der Waals surface area contributed by atoms with E-state index in [0.717, 1.165) is 17.8 Å². The van der Waals surface area contributed by atoms with Crippen molar-refractivity contribution in [3.63, 3.8) is 0 Å². The highest BCUT2D eigenvalue weighted by molar-refractivity contribution is 7.16. The number of thiophene rings is 1. The molecule has 2 rings (SSSR count). The van der Waals surface area contributed by atoms with Gasteiger partial charge in [0.05, 0.1) is 32.2 Å². The summed E-state index contributed by atoms with van der Waals surface area (Å²) in [6.45, 7) is 3.35. The number of piperazine rings is 1. The van der Waals surface area contributed by atoms with E-state index in [-0.39, 0.29) is 18.2 Å². The maximum Gasteiger partial charge on any atom is 0.340 e. The van der Waals surface area contributed by atoms with E-state index in [1.807, 2.05) is 12.2 Å². The summed E-state index contributed by atoms with van der Waals surface area (Å²) in [5.41, 5.74) is 0.356. The molecule has 1 aliphatic heterocycles. The summed E-state index contributed by atoms with van der Waals surface area (Å²) in [7, 11) is 1.30. The number of quaternary nitrogens is 1. The summed E-state index contributed by atoms with van der Waals surface area (Å²) in [6.07, 6.45) is 0.842. The average molecular weight is 326 g/mol. The van der Waals surface area contributed by atoms with Gasteiger partial charge in [0, 0.05) is 4.88 Å². The largest absolute Gasteiger partial charge is 0.465 e. The Kier molecular flexibility index (Phi) is 5.51. The van der Waals surface area contributed by atoms with Crippen LogP contribution in [0.4, 0.5) is 5.00 Å². The second-order valence-corrected chi connectivity index (χ2v) is 6.11. The van der Waals surface area contributed by atoms with E-state index in [1.54, 1.807) is 6.07 Å². The SMILES string of the molecule is CCc1cc(C(=O)OC)c(NC(=O)C[C@@H]2[NH2+]CCNC2=O)s1. The molecule has 2 heterocycles. The number of rotatable bonds is 5. The zero-order valence-corrected chi connectivity index (χ0v) is 13.4. The fourth-order valence-electron chi connectivity index (χ4n) is 2.24. The van der Waals surface area contributed by atoms with Gasteiger partial charge in [0.25, 0.3) is 5.91 Å². The van der Waals surface area contributed by atoms with Crippen molar-refractivity contribution in [1.82, 2.24) is 5.32 Å². The molecule has 1 aliphatic rings. The molecule has 8 heteroatoms. The molecule has 1 aromatic rings. The van der Waals surface area contributed by atoms with Crippen LogP contribution in [0.1, 0.15) is 28.6 Å². The van der Waals surface area contributed by atoms with Gasteiger partial charge in [0.15, 0.2) is 6.04 Å². The maximum atomic E-state index is 12.1. The number of nitrogens with one attached hydrogen (secondary N) is 2. The molecule has 4 N–H and O–H groups in total. The van der Waals surface area contributed by atoms with Crippen LogP contribution in [0.2, 0.25) is 0 Å². The predicted octanol–water partition coefficient (Wildman–Crippen LogP) is -0.512. The number of hydrogen-bond acceptors (Lipinski definition) is 5. The third kappa shape index (κ3) is 3.83. The number of anilines is 1. The van der Waals surface area contributed by atoms with Gasteiger partial charge in [0.1, 0.15) is 5.00 Å². The van der Waals surface area contributed by atoms with Crippen LogP contribution in [0.3, 0.4) is 0 Å². The van der Waals surface area contributed by atoms with Crippen LogP contribution in [0.25, 0.3) is 0 Å². The van der Waals surface area contributed by atoms with Crippen molar-refractivity contribution in [1.29, 1.82) is 0 Å². The summed E-state index contributed by atoms with van der Waals surface area (Å²) < 4.78 is 4.73. The van der Waals surface area contributed by atoms with Crippen molar-refractivity contribution in [2.45, 2.75) is 25.8 Å². The molecule has 22 heavy (non-hydrogen) atoms. The van der Waals surface area contributed by atoms with Crippen molar-refractivity contribution in [3.8, 4) is 0 Å². The second kappa shape index (κ2) is 7.37. The standard InChI is InChI=1S/C14H19N3O4S/c1-3-8-6-9(14(20)21-2)13(22-8)17-11(18)7-10-12(19)16-5-4-15-10/h6,10,15H,3-5,7H2,1-2H3,(H,16,19)(H,17,18)/p+1/t10-/m0/s1. The van der Waals surface area contributed by atoms with Crippen LogP contribution in [0.5, 0.6) is 0 Å². The normalized spacial score (nSPS) is 17.7. The lowest BCUT2D eigenvalue weighted by atomic mass is 10.1. The lowest BCUT2D eigenvalue weighted by Gasteiger charge is -2.19. The Labute approximate surface area is 132 Å². The molecule has 0 spiro atoms. The van der Waals surface area contributed by atoms with E-state index in [0.29, 0.717) is 17.1 Å². The number of aryl methyl sites for hydroxylation is 1. The van der Waals surface area contributed by atoms with Gasteiger partial charge in [-0.2, -0.15) is 0 Å². The van der Waals surface area contributed by atoms with Gasteiger partial charge in [-0.3, -0.25) is 9.59 Å². The summed E-state index contributed by atoms with van der Waals surface area (Å²) in [5, 5.41) is 7.79. The van der Waals surface area contributed by atoms with E-state index >= 15 is 0 Å². The van der Waals surface area contributed by atoms with Crippen molar-refractivity contribution in [3.05, 3.63) is 16.5 Å². The number of ether oxygens (including phenoxy) is 1. The van der Waals surface area contributed by atoms with Gasteiger partial charge in [-0.05, 0) is 12.5 Å².